The first kappa shape index (κ1) is 86.6. The predicted octanol–water partition coefficient (Wildman–Crippen LogP) is -3.44. The number of carboxylic acids is 4. The molecule has 2 aromatic carbocycles. The number of H-pyrrole nitrogens is 2. The zero-order valence-corrected chi connectivity index (χ0v) is 61.0. The highest BCUT2D eigenvalue weighted by Crippen LogP contribution is 2.28. The molecule has 1 saturated heterocycles. The number of nitrogens with one attached hydrogen (secondary N) is 12. The third-order valence-electron chi connectivity index (χ3n) is 17.2. The Morgan fingerprint density at radius 1 is 0.598 bits per heavy atom. The summed E-state index contributed by atoms with van der Waals surface area (Å²) in [6, 6.07) is 2.93. The lowest BCUT2D eigenvalue weighted by Gasteiger charge is -2.45. The molecule has 3 heterocycles. The molecule has 1 aliphatic rings. The van der Waals surface area contributed by atoms with E-state index >= 15 is 0 Å². The molecule has 1 unspecified atom stereocenters. The number of amides is 12. The van der Waals surface area contributed by atoms with E-state index in [2.05, 4.69) is 68.1 Å². The van der Waals surface area contributed by atoms with Crippen LogP contribution < -0.4 is 64.6 Å². The van der Waals surface area contributed by atoms with Crippen LogP contribution in [0.2, 0.25) is 0 Å². The van der Waals surface area contributed by atoms with Crippen LogP contribution in [-0.4, -0.2) is 270 Å². The van der Waals surface area contributed by atoms with Crippen LogP contribution in [-0.2, 0) is 84.8 Å². The van der Waals surface area contributed by atoms with Gasteiger partial charge in [-0.25, -0.2) is 4.98 Å². The number of rotatable bonds is 45. The average Bonchev–Trinajstić information content (AvgIpc) is 1.79. The Balaban J connectivity index is 1.24. The van der Waals surface area contributed by atoms with Gasteiger partial charge in [-0.2, -0.15) is 11.8 Å². The van der Waals surface area contributed by atoms with Crippen molar-refractivity contribution in [2.75, 3.05) is 82.8 Å². The molecular formula is C68H96N18O20S. The number of benzene rings is 2. The maximum atomic E-state index is 14.5. The summed E-state index contributed by atoms with van der Waals surface area (Å²) >= 11 is 1.44. The van der Waals surface area contributed by atoms with E-state index in [9.17, 15) is 97.1 Å². The van der Waals surface area contributed by atoms with Gasteiger partial charge in [0.2, 0.25) is 65.0 Å². The van der Waals surface area contributed by atoms with Gasteiger partial charge >= 0.3 is 23.9 Å². The van der Waals surface area contributed by atoms with Gasteiger partial charge in [0.25, 0.3) is 5.91 Å². The van der Waals surface area contributed by atoms with E-state index in [0.717, 1.165) is 4.90 Å². The summed E-state index contributed by atoms with van der Waals surface area (Å²) in [6.45, 7) is 3.40. The lowest BCUT2D eigenvalue weighted by atomic mass is 9.89. The number of carbonyl (C=O) groups excluding carboxylic acids is 12. The molecule has 0 aliphatic carbocycles. The monoisotopic (exact) mass is 1520 g/mol. The van der Waals surface area contributed by atoms with Crippen molar-refractivity contribution in [2.45, 2.75) is 134 Å². The Hall–Kier alpha value is -11.1. The molecule has 7 atom stereocenters. The molecule has 38 nitrogen and oxygen atoms in total. The molecule has 39 heteroatoms. The molecule has 12 amide bonds. The first-order valence-corrected chi connectivity index (χ1v) is 35.7. The number of aromatic amines is 2. The van der Waals surface area contributed by atoms with Crippen LogP contribution in [0, 0.1) is 11.8 Å². The second kappa shape index (κ2) is 42.2. The van der Waals surface area contributed by atoms with Gasteiger partial charge in [-0.3, -0.25) is 91.4 Å². The number of nitrogens with two attached hydrogens (primary N) is 2. The number of aliphatic carboxylic acids is 4. The Morgan fingerprint density at radius 2 is 1.18 bits per heavy atom. The number of thioether (sulfide) groups is 1. The summed E-state index contributed by atoms with van der Waals surface area (Å²) in [6.07, 6.45) is 4.70. The van der Waals surface area contributed by atoms with E-state index in [-0.39, 0.29) is 81.9 Å². The van der Waals surface area contributed by atoms with E-state index in [4.69, 9.17) is 11.5 Å². The highest BCUT2D eigenvalue weighted by Gasteiger charge is 2.45. The molecule has 0 spiro atoms. The first-order valence-electron chi connectivity index (χ1n) is 34.3. The van der Waals surface area contributed by atoms with Crippen LogP contribution in [0.1, 0.15) is 94.8 Å². The van der Waals surface area contributed by atoms with E-state index in [1.165, 1.54) is 65.3 Å². The summed E-state index contributed by atoms with van der Waals surface area (Å²) in [5, 5.41) is 65.2. The number of carbonyl (C=O) groups is 16. The zero-order chi connectivity index (χ0) is 79.2. The number of carboxylic acid groups (broad SMARTS) is 4. The van der Waals surface area contributed by atoms with Crippen molar-refractivity contribution in [1.29, 1.82) is 0 Å². The standard InChI is InChI=1S/C68H96N18O20S/c1-37(2)23-48(65(104)79-46(60(70)99)18-22-107-6)81-66(105)50(25-43-27-71-36-75-43)78-54(90)29-74-67(106)59(38(3)4)83-61(100)39(5)76-64(103)49(24-41-26-72-45-10-8-7-9-44(41)45)82-63(102)47(15-16-51(69)87)80-62(101)40-11-13-42(14-12-40)77-53(89)28-73-52(88)17-19-68(86(32-57(95)96)33-58(97)98)34-84(30-55(91)92)20-21-85(35-68)31-56(93)94/h7-14,26-27,36-39,46-50,59,72H,15-25,28-35H2,1-6H3,(H2,69,87)(H2,70,99)(H,71,75)(H,73,88)(H,74,106)(H,76,103)(H,77,89)(H,78,90)(H,79,104)(H,80,101)(H,81,105)(H,82,102)(H,83,100)(H,91,92)(H,93,94)(H,95,96)(H,97,98)/t39-,46-,47-,48?,49-,50-,59-/m0/s1. The Labute approximate surface area is 619 Å². The summed E-state index contributed by atoms with van der Waals surface area (Å²) in [4.78, 5) is 224. The summed E-state index contributed by atoms with van der Waals surface area (Å²) < 4.78 is 0. The van der Waals surface area contributed by atoms with Gasteiger partial charge in [0.15, 0.2) is 0 Å². The molecule has 584 valence electrons. The molecular weight excluding hydrogens is 1420 g/mol. The van der Waals surface area contributed by atoms with E-state index < -0.39 is 201 Å². The number of fused-ring (bicyclic) bond motifs is 1. The zero-order valence-electron chi connectivity index (χ0n) is 60.2. The molecule has 20 N–H and O–H groups in total. The average molecular weight is 1520 g/mol. The van der Waals surface area contributed by atoms with Crippen LogP contribution in [0.25, 0.3) is 10.9 Å². The minimum absolute atomic E-state index is 0.00893. The number of nitrogens with zero attached hydrogens (tertiary/aromatic N) is 4. The third kappa shape index (κ3) is 29.1. The van der Waals surface area contributed by atoms with Crippen LogP contribution in [0.3, 0.4) is 0 Å². The molecule has 1 fully saturated rings. The van der Waals surface area contributed by atoms with Gasteiger partial charge in [-0.05, 0) is 92.3 Å². The lowest BCUT2D eigenvalue weighted by molar-refractivity contribution is -0.148. The third-order valence-corrected chi connectivity index (χ3v) is 17.8. The molecule has 5 rings (SSSR count). The predicted molar refractivity (Wildman–Crippen MR) is 386 cm³/mol. The fraction of sp³-hybridized carbons (Fsp3) is 0.515. The van der Waals surface area contributed by atoms with Crippen molar-refractivity contribution in [2.24, 2.45) is 23.3 Å². The Bertz CT molecular complexity index is 3770. The van der Waals surface area contributed by atoms with E-state index in [0.29, 0.717) is 27.9 Å². The highest BCUT2D eigenvalue weighted by molar-refractivity contribution is 7.98. The second-order valence-corrected chi connectivity index (χ2v) is 27.6. The number of hydrogen-bond acceptors (Lipinski definition) is 21. The van der Waals surface area contributed by atoms with Gasteiger partial charge < -0.3 is 95.0 Å². The number of imidazole rings is 1. The van der Waals surface area contributed by atoms with Crippen LogP contribution in [0.5, 0.6) is 0 Å². The molecule has 0 bridgehead atoms. The van der Waals surface area contributed by atoms with Gasteiger partial charge in [0, 0.05) is 97.6 Å². The van der Waals surface area contributed by atoms with Crippen molar-refractivity contribution in [3.8, 4) is 0 Å². The van der Waals surface area contributed by atoms with Crippen molar-refractivity contribution in [3.05, 3.63) is 84.1 Å². The van der Waals surface area contributed by atoms with Crippen molar-refractivity contribution in [3.63, 3.8) is 0 Å². The van der Waals surface area contributed by atoms with Gasteiger partial charge in [0.1, 0.15) is 42.3 Å². The fourth-order valence-corrected chi connectivity index (χ4v) is 12.3. The van der Waals surface area contributed by atoms with Crippen LogP contribution in [0.15, 0.2) is 67.3 Å². The first-order chi connectivity index (χ1) is 50.5. The maximum absolute atomic E-state index is 14.5. The number of aromatic nitrogens is 3. The van der Waals surface area contributed by atoms with Crippen LogP contribution in [0.4, 0.5) is 5.69 Å². The molecule has 4 aromatic rings. The van der Waals surface area contributed by atoms with Crippen molar-refractivity contribution >= 4 is 123 Å². The molecule has 107 heavy (non-hydrogen) atoms. The van der Waals surface area contributed by atoms with Gasteiger partial charge in [0.05, 0.1) is 45.6 Å². The number of para-hydroxylation sites is 1. The smallest absolute Gasteiger partial charge is 0.317 e. The highest BCUT2D eigenvalue weighted by atomic mass is 32.2. The Kier molecular flexibility index (Phi) is 34.1. The lowest BCUT2D eigenvalue weighted by Crippen LogP contribution is -2.62. The SMILES string of the molecule is CSCC[C@H](NC(=O)C(CC(C)C)NC(=O)[C@H](Cc1cnc[nH]1)NC(=O)CNC(=O)[C@@H](NC(=O)[C@H](C)NC(=O)[C@H](Cc1c[nH]c2ccccc12)NC(=O)[C@H](CCC(N)=O)NC(=O)c1ccc(NC(=O)CNC(=O)CCC2(N(CC(=O)O)CC(=O)O)CN(CC(=O)O)CCN(CC(=O)O)C2)cc1)C(C)C)C(N)=O. The molecule has 0 radical (unpaired) electrons. The quantitative estimate of drug-likeness (QED) is 0.0205. The minimum atomic E-state index is -1.60. The van der Waals surface area contributed by atoms with Crippen molar-refractivity contribution in [1.82, 2.24) is 77.5 Å². The summed E-state index contributed by atoms with van der Waals surface area (Å²) in [5.41, 5.74) is 11.1. The normalized spacial score (nSPS) is 15.0. The largest absolute Gasteiger partial charge is 0.480 e. The second-order valence-electron chi connectivity index (χ2n) is 26.6. The topological polar surface area (TPSA) is 581 Å². The van der Waals surface area contributed by atoms with E-state index in [1.54, 1.807) is 44.3 Å². The fourth-order valence-electron chi connectivity index (χ4n) is 11.8. The maximum Gasteiger partial charge on any atom is 0.317 e. The summed E-state index contributed by atoms with van der Waals surface area (Å²) in [5.74, 6) is -15.6. The van der Waals surface area contributed by atoms with Gasteiger partial charge in [-0.15, -0.1) is 0 Å². The number of hydrogen-bond donors (Lipinski definition) is 18. The summed E-state index contributed by atoms with van der Waals surface area (Å²) in [7, 11) is 0. The van der Waals surface area contributed by atoms with Crippen LogP contribution >= 0.6 is 11.8 Å². The van der Waals surface area contributed by atoms with Crippen molar-refractivity contribution < 1.29 is 97.1 Å². The Morgan fingerprint density at radius 3 is 1.75 bits per heavy atom. The number of primary amides is 2. The van der Waals surface area contributed by atoms with E-state index in [1.807, 2.05) is 20.1 Å². The number of anilines is 1. The minimum Gasteiger partial charge on any atom is -0.480 e. The molecule has 2 aromatic heterocycles. The van der Waals surface area contributed by atoms with Gasteiger partial charge in [-0.1, -0.05) is 45.9 Å². The molecule has 1 aliphatic heterocycles. The molecule has 0 saturated carbocycles.